The van der Waals surface area contributed by atoms with Crippen LogP contribution in [0.25, 0.3) is 11.8 Å². The van der Waals surface area contributed by atoms with E-state index in [9.17, 15) is 20.2 Å². The molecule has 0 unspecified atom stereocenters. The summed E-state index contributed by atoms with van der Waals surface area (Å²) in [4.78, 5) is 25.7. The molecule has 4 rings (SSSR count). The Morgan fingerprint density at radius 3 is 2.69 bits per heavy atom. The molecule has 0 spiro atoms. The average Bonchev–Trinajstić information content (AvgIpc) is 3.42. The molecule has 12 heteroatoms. The molecule has 3 heterocycles. The fourth-order valence-corrected chi connectivity index (χ4v) is 4.67. The van der Waals surface area contributed by atoms with E-state index in [0.29, 0.717) is 47.8 Å². The third kappa shape index (κ3) is 5.06. The number of rotatable bonds is 6. The molecule has 180 valence electrons. The van der Waals surface area contributed by atoms with Crippen molar-refractivity contribution in [2.75, 3.05) is 36.5 Å². The predicted octanol–water partition coefficient (Wildman–Crippen LogP) is 3.54. The molecule has 3 aromatic rings. The summed E-state index contributed by atoms with van der Waals surface area (Å²) in [5, 5.41) is 32.7. The highest BCUT2D eigenvalue weighted by molar-refractivity contribution is 7.19. The van der Waals surface area contributed by atoms with Gasteiger partial charge in [-0.2, -0.15) is 5.26 Å². The van der Waals surface area contributed by atoms with Crippen LogP contribution in [0.5, 0.6) is 0 Å². The summed E-state index contributed by atoms with van der Waals surface area (Å²) in [7, 11) is 0. The van der Waals surface area contributed by atoms with E-state index >= 15 is 0 Å². The molecule has 1 saturated heterocycles. The minimum Gasteiger partial charge on any atom is -0.378 e. The van der Waals surface area contributed by atoms with Gasteiger partial charge in [-0.3, -0.25) is 20.2 Å². The van der Waals surface area contributed by atoms with Crippen molar-refractivity contribution in [3.63, 3.8) is 0 Å². The molecule has 1 N–H and O–H groups in total. The van der Waals surface area contributed by atoms with Crippen molar-refractivity contribution in [2.24, 2.45) is 0 Å². The molecule has 0 atom stereocenters. The Hall–Kier alpha value is -4.08. The summed E-state index contributed by atoms with van der Waals surface area (Å²) < 4.78 is 7.21. The monoisotopic (exact) mass is 493 g/mol. The van der Waals surface area contributed by atoms with E-state index in [0.717, 1.165) is 17.0 Å². The zero-order valence-corrected chi connectivity index (χ0v) is 20.3. The number of carbonyl (C=O) groups is 1. The number of morpholine rings is 1. The third-order valence-electron chi connectivity index (χ3n) is 5.70. The van der Waals surface area contributed by atoms with Crippen molar-refractivity contribution in [1.29, 1.82) is 5.26 Å². The van der Waals surface area contributed by atoms with E-state index in [1.165, 1.54) is 29.5 Å². The first kappa shape index (κ1) is 24.1. The number of nitrogens with one attached hydrogen (secondary N) is 1. The lowest BCUT2D eigenvalue weighted by atomic mass is 10.1. The number of benzene rings is 1. The predicted molar refractivity (Wildman–Crippen MR) is 132 cm³/mol. The maximum absolute atomic E-state index is 12.8. The van der Waals surface area contributed by atoms with Crippen LogP contribution in [0.3, 0.4) is 0 Å². The van der Waals surface area contributed by atoms with Crippen LogP contribution in [0.2, 0.25) is 0 Å². The molecule has 1 aliphatic heterocycles. The van der Waals surface area contributed by atoms with E-state index in [1.807, 2.05) is 42.4 Å². The number of hydrogen-bond acceptors (Lipinski definition) is 9. The fraction of sp³-hybridized carbons (Fsp3) is 0.304. The lowest BCUT2D eigenvalue weighted by molar-refractivity contribution is -0.384. The van der Waals surface area contributed by atoms with Gasteiger partial charge in [-0.25, -0.2) is 0 Å². The van der Waals surface area contributed by atoms with E-state index in [4.69, 9.17) is 4.74 Å². The number of carbonyl (C=O) groups excluding carboxylic acids is 1. The van der Waals surface area contributed by atoms with Gasteiger partial charge in [0.2, 0.25) is 10.3 Å². The zero-order chi connectivity index (χ0) is 25.1. The van der Waals surface area contributed by atoms with Crippen molar-refractivity contribution in [2.45, 2.75) is 20.8 Å². The fourth-order valence-electron chi connectivity index (χ4n) is 3.87. The Labute approximate surface area is 205 Å². The molecule has 0 radical (unpaired) electrons. The largest absolute Gasteiger partial charge is 0.378 e. The summed E-state index contributed by atoms with van der Waals surface area (Å²) in [6.07, 6.45) is 1.50. The van der Waals surface area contributed by atoms with Crippen LogP contribution in [0, 0.1) is 42.2 Å². The molecular weight excluding hydrogens is 470 g/mol. The average molecular weight is 494 g/mol. The molecule has 1 fully saturated rings. The van der Waals surface area contributed by atoms with Crippen molar-refractivity contribution in [3.8, 4) is 11.8 Å². The standard InChI is InChI=1S/C23H23N7O4S/c1-14-4-5-19(30(32)33)12-20(14)29-15(2)10-17(16(29)3)11-18(13-24)21(31)25-22-26-27-23(35-22)28-6-8-34-9-7-28/h4-5,10-12H,6-9H2,1-3H3,(H,25,26,31)/b18-11-. The number of non-ortho nitro benzene ring substituents is 1. The van der Waals surface area contributed by atoms with E-state index in [1.54, 1.807) is 6.07 Å². The topological polar surface area (TPSA) is 139 Å². The van der Waals surface area contributed by atoms with Crippen LogP contribution in [0.15, 0.2) is 29.8 Å². The Morgan fingerprint density at radius 1 is 1.26 bits per heavy atom. The zero-order valence-electron chi connectivity index (χ0n) is 19.4. The molecule has 0 saturated carbocycles. The number of anilines is 2. The molecule has 1 aromatic carbocycles. The molecule has 1 aliphatic rings. The normalized spacial score (nSPS) is 14.0. The van der Waals surface area contributed by atoms with Gasteiger partial charge in [0.25, 0.3) is 11.6 Å². The summed E-state index contributed by atoms with van der Waals surface area (Å²) in [5.74, 6) is -0.589. The van der Waals surface area contributed by atoms with Crippen LogP contribution < -0.4 is 10.2 Å². The van der Waals surface area contributed by atoms with Gasteiger partial charge in [0.15, 0.2) is 0 Å². The molecule has 2 aromatic heterocycles. The van der Waals surface area contributed by atoms with Gasteiger partial charge < -0.3 is 14.2 Å². The molecule has 1 amide bonds. The number of hydrogen-bond donors (Lipinski definition) is 1. The number of nitriles is 1. The number of nitro benzene ring substituents is 1. The van der Waals surface area contributed by atoms with Gasteiger partial charge in [-0.05, 0) is 44.0 Å². The first-order chi connectivity index (χ1) is 16.8. The highest BCUT2D eigenvalue weighted by Gasteiger charge is 2.20. The van der Waals surface area contributed by atoms with Crippen molar-refractivity contribution >= 4 is 39.3 Å². The van der Waals surface area contributed by atoms with Gasteiger partial charge in [-0.1, -0.05) is 17.4 Å². The Bertz CT molecular complexity index is 1360. The minimum atomic E-state index is -0.589. The minimum absolute atomic E-state index is 0.0132. The molecule has 0 bridgehead atoms. The summed E-state index contributed by atoms with van der Waals surface area (Å²) in [6.45, 7) is 8.19. The first-order valence-electron chi connectivity index (χ1n) is 10.8. The summed E-state index contributed by atoms with van der Waals surface area (Å²) >= 11 is 1.23. The number of aryl methyl sites for hydroxylation is 2. The van der Waals surface area contributed by atoms with E-state index < -0.39 is 10.8 Å². The maximum atomic E-state index is 12.8. The number of nitrogens with zero attached hydrogens (tertiary/aromatic N) is 6. The Kier molecular flexibility index (Phi) is 6.90. The second kappa shape index (κ2) is 10.0. The lowest BCUT2D eigenvalue weighted by Gasteiger charge is -2.25. The summed E-state index contributed by atoms with van der Waals surface area (Å²) in [6, 6.07) is 8.46. The van der Waals surface area contributed by atoms with Gasteiger partial charge in [0, 0.05) is 36.6 Å². The van der Waals surface area contributed by atoms with Crippen LogP contribution in [0.4, 0.5) is 16.0 Å². The molecule has 35 heavy (non-hydrogen) atoms. The van der Waals surface area contributed by atoms with Crippen molar-refractivity contribution < 1.29 is 14.5 Å². The van der Waals surface area contributed by atoms with Crippen LogP contribution in [-0.2, 0) is 9.53 Å². The smallest absolute Gasteiger partial charge is 0.271 e. The van der Waals surface area contributed by atoms with Crippen LogP contribution in [-0.4, -0.2) is 51.9 Å². The first-order valence-corrected chi connectivity index (χ1v) is 11.6. The van der Waals surface area contributed by atoms with Gasteiger partial charge in [0.05, 0.1) is 23.8 Å². The highest BCUT2D eigenvalue weighted by atomic mass is 32.1. The highest BCUT2D eigenvalue weighted by Crippen LogP contribution is 2.28. The van der Waals surface area contributed by atoms with Gasteiger partial charge in [0.1, 0.15) is 11.6 Å². The van der Waals surface area contributed by atoms with Gasteiger partial charge in [-0.15, -0.1) is 10.2 Å². The van der Waals surface area contributed by atoms with Crippen molar-refractivity contribution in [3.05, 3.63) is 62.5 Å². The number of nitro groups is 1. The number of amides is 1. The third-order valence-corrected chi connectivity index (χ3v) is 6.60. The van der Waals surface area contributed by atoms with Crippen LogP contribution >= 0.6 is 11.3 Å². The lowest BCUT2D eigenvalue weighted by Crippen LogP contribution is -2.36. The Balaban J connectivity index is 1.59. The quantitative estimate of drug-likeness (QED) is 0.238. The molecule has 0 aliphatic carbocycles. The summed E-state index contributed by atoms with van der Waals surface area (Å²) in [5.41, 5.74) is 3.64. The molecule has 11 nitrogen and oxygen atoms in total. The van der Waals surface area contributed by atoms with Gasteiger partial charge >= 0.3 is 0 Å². The number of aromatic nitrogens is 3. The maximum Gasteiger partial charge on any atom is 0.271 e. The second-order valence-electron chi connectivity index (χ2n) is 8.00. The van der Waals surface area contributed by atoms with Crippen molar-refractivity contribution in [1.82, 2.24) is 14.8 Å². The SMILES string of the molecule is Cc1ccc([N+](=O)[O-])cc1-n1c(C)cc(/C=C(/C#N)C(=O)Nc2nnc(N3CCOCC3)s2)c1C. The number of ether oxygens (including phenoxy) is 1. The molecular formula is C23H23N7O4S. The van der Waals surface area contributed by atoms with E-state index in [2.05, 4.69) is 15.5 Å². The Morgan fingerprint density at radius 2 is 2.00 bits per heavy atom. The second-order valence-corrected chi connectivity index (χ2v) is 8.96. The van der Waals surface area contributed by atoms with Crippen LogP contribution in [0.1, 0.15) is 22.5 Å². The van der Waals surface area contributed by atoms with E-state index in [-0.39, 0.29) is 11.3 Å².